The first kappa shape index (κ1) is 15.5. The molecule has 0 saturated heterocycles. The van der Waals surface area contributed by atoms with Crippen molar-refractivity contribution in [1.82, 2.24) is 5.32 Å². The van der Waals surface area contributed by atoms with Gasteiger partial charge in [0.15, 0.2) is 0 Å². The number of carboxylic acids is 1. The van der Waals surface area contributed by atoms with E-state index in [9.17, 15) is 14.7 Å². The molecule has 1 aliphatic carbocycles. The number of carbonyl (C=O) groups excluding carboxylic acids is 1. The minimum absolute atomic E-state index is 0.156. The molecule has 2 rings (SSSR count). The van der Waals surface area contributed by atoms with E-state index in [0.29, 0.717) is 24.7 Å². The van der Waals surface area contributed by atoms with Crippen LogP contribution in [0.1, 0.15) is 51.0 Å². The fourth-order valence-electron chi connectivity index (χ4n) is 2.90. The van der Waals surface area contributed by atoms with Gasteiger partial charge >= 0.3 is 5.97 Å². The van der Waals surface area contributed by atoms with Gasteiger partial charge in [0.1, 0.15) is 5.54 Å². The Kier molecular flexibility index (Phi) is 4.66. The molecular formula is C17H23NO3. The molecule has 1 aromatic rings. The Morgan fingerprint density at radius 1 is 1.33 bits per heavy atom. The van der Waals surface area contributed by atoms with Crippen LogP contribution in [0.15, 0.2) is 30.3 Å². The number of benzene rings is 1. The zero-order valence-corrected chi connectivity index (χ0v) is 12.6. The number of hydrogen-bond donors (Lipinski definition) is 2. The lowest BCUT2D eigenvalue weighted by Gasteiger charge is -2.25. The Balaban J connectivity index is 1.87. The minimum Gasteiger partial charge on any atom is -0.480 e. The standard InChI is InChI=1S/C17H23NO3/c1-3-9-17(2,16(20)21)18-15(19)11-13-10-14(13)12-7-5-4-6-8-12/h4-8,13-14H,3,9-11H2,1-2H3,(H,18,19)(H,20,21)/t13-,14-,17?/m0/s1. The lowest BCUT2D eigenvalue weighted by atomic mass is 9.96. The Bertz CT molecular complexity index is 514. The summed E-state index contributed by atoms with van der Waals surface area (Å²) in [5.41, 5.74) is 0.119. The van der Waals surface area contributed by atoms with Gasteiger partial charge in [0.25, 0.3) is 0 Å². The first-order valence-electron chi connectivity index (χ1n) is 7.55. The van der Waals surface area contributed by atoms with Crippen molar-refractivity contribution in [3.05, 3.63) is 35.9 Å². The van der Waals surface area contributed by atoms with E-state index in [1.54, 1.807) is 6.92 Å². The zero-order valence-electron chi connectivity index (χ0n) is 12.6. The van der Waals surface area contributed by atoms with E-state index in [0.717, 1.165) is 12.8 Å². The van der Waals surface area contributed by atoms with Crippen molar-refractivity contribution >= 4 is 11.9 Å². The van der Waals surface area contributed by atoms with E-state index in [1.165, 1.54) is 5.56 Å². The van der Waals surface area contributed by atoms with Crippen molar-refractivity contribution in [2.24, 2.45) is 5.92 Å². The van der Waals surface area contributed by atoms with Gasteiger partial charge in [-0.25, -0.2) is 4.79 Å². The Morgan fingerprint density at radius 2 is 2.00 bits per heavy atom. The van der Waals surface area contributed by atoms with Crippen LogP contribution in [-0.4, -0.2) is 22.5 Å². The van der Waals surface area contributed by atoms with Crippen molar-refractivity contribution in [2.45, 2.75) is 51.0 Å². The molecular weight excluding hydrogens is 266 g/mol. The molecule has 1 aliphatic rings. The van der Waals surface area contributed by atoms with Crippen LogP contribution in [0.4, 0.5) is 0 Å². The zero-order chi connectivity index (χ0) is 15.5. The molecule has 114 valence electrons. The molecule has 0 heterocycles. The first-order chi connectivity index (χ1) is 9.96. The van der Waals surface area contributed by atoms with E-state index in [4.69, 9.17) is 0 Å². The second kappa shape index (κ2) is 6.29. The van der Waals surface area contributed by atoms with Crippen molar-refractivity contribution < 1.29 is 14.7 Å². The summed E-state index contributed by atoms with van der Waals surface area (Å²) >= 11 is 0. The third-order valence-electron chi connectivity index (χ3n) is 4.24. The average Bonchev–Trinajstić information content (AvgIpc) is 3.18. The molecule has 3 atom stereocenters. The molecule has 1 saturated carbocycles. The van der Waals surface area contributed by atoms with Gasteiger partial charge in [-0.15, -0.1) is 0 Å². The Morgan fingerprint density at radius 3 is 2.57 bits per heavy atom. The highest BCUT2D eigenvalue weighted by Crippen LogP contribution is 2.49. The third-order valence-corrected chi connectivity index (χ3v) is 4.24. The molecule has 0 aliphatic heterocycles. The molecule has 0 radical (unpaired) electrons. The Hall–Kier alpha value is -1.84. The predicted octanol–water partition coefficient (Wildman–Crippen LogP) is 2.94. The summed E-state index contributed by atoms with van der Waals surface area (Å²) in [5.74, 6) is -0.337. The number of carbonyl (C=O) groups is 2. The molecule has 1 unspecified atom stereocenters. The van der Waals surface area contributed by atoms with Crippen LogP contribution in [0, 0.1) is 5.92 Å². The lowest BCUT2D eigenvalue weighted by Crippen LogP contribution is -2.52. The normalized spacial score (nSPS) is 23.1. The van der Waals surface area contributed by atoms with Crippen LogP contribution >= 0.6 is 0 Å². The van der Waals surface area contributed by atoms with E-state index in [1.807, 2.05) is 25.1 Å². The molecule has 4 heteroatoms. The lowest BCUT2D eigenvalue weighted by molar-refractivity contribution is -0.147. The fraction of sp³-hybridized carbons (Fsp3) is 0.529. The van der Waals surface area contributed by atoms with E-state index < -0.39 is 11.5 Å². The number of carboxylic acid groups (broad SMARTS) is 1. The number of nitrogens with one attached hydrogen (secondary N) is 1. The number of rotatable bonds is 7. The second-order valence-electron chi connectivity index (χ2n) is 6.15. The predicted molar refractivity (Wildman–Crippen MR) is 81.0 cm³/mol. The smallest absolute Gasteiger partial charge is 0.329 e. The summed E-state index contributed by atoms with van der Waals surface area (Å²) < 4.78 is 0. The Labute approximate surface area is 125 Å². The molecule has 1 aromatic carbocycles. The summed E-state index contributed by atoms with van der Waals surface area (Å²) in [4.78, 5) is 23.4. The van der Waals surface area contributed by atoms with Crippen LogP contribution in [0.25, 0.3) is 0 Å². The van der Waals surface area contributed by atoms with Crippen molar-refractivity contribution in [3.63, 3.8) is 0 Å². The van der Waals surface area contributed by atoms with Crippen LogP contribution < -0.4 is 5.32 Å². The molecule has 1 amide bonds. The summed E-state index contributed by atoms with van der Waals surface area (Å²) in [6.07, 6.45) is 2.58. The van der Waals surface area contributed by atoms with Gasteiger partial charge in [-0.3, -0.25) is 4.79 Å². The van der Waals surface area contributed by atoms with Gasteiger partial charge in [-0.2, -0.15) is 0 Å². The SMILES string of the molecule is CCCC(C)(NC(=O)C[C@@H]1C[C@H]1c1ccccc1)C(=O)O. The first-order valence-corrected chi connectivity index (χ1v) is 7.55. The fourth-order valence-corrected chi connectivity index (χ4v) is 2.90. The molecule has 21 heavy (non-hydrogen) atoms. The highest BCUT2D eigenvalue weighted by atomic mass is 16.4. The minimum atomic E-state index is -1.15. The monoisotopic (exact) mass is 289 g/mol. The maximum atomic E-state index is 12.1. The third kappa shape index (κ3) is 3.84. The molecule has 1 fully saturated rings. The van der Waals surface area contributed by atoms with Gasteiger partial charge in [-0.05, 0) is 37.2 Å². The number of hydrogen-bond acceptors (Lipinski definition) is 2. The van der Waals surface area contributed by atoms with Crippen LogP contribution in [0.5, 0.6) is 0 Å². The van der Waals surface area contributed by atoms with Gasteiger partial charge in [0, 0.05) is 6.42 Å². The van der Waals surface area contributed by atoms with Crippen LogP contribution in [-0.2, 0) is 9.59 Å². The van der Waals surface area contributed by atoms with E-state index in [2.05, 4.69) is 17.4 Å². The number of aliphatic carboxylic acids is 1. The highest BCUT2D eigenvalue weighted by Gasteiger charge is 2.41. The van der Waals surface area contributed by atoms with Crippen molar-refractivity contribution in [1.29, 1.82) is 0 Å². The van der Waals surface area contributed by atoms with Crippen LogP contribution in [0.2, 0.25) is 0 Å². The highest BCUT2D eigenvalue weighted by molar-refractivity contribution is 5.86. The molecule has 2 N–H and O–H groups in total. The topological polar surface area (TPSA) is 66.4 Å². The van der Waals surface area contributed by atoms with Gasteiger partial charge < -0.3 is 10.4 Å². The molecule has 0 spiro atoms. The quantitative estimate of drug-likeness (QED) is 0.811. The number of amides is 1. The summed E-state index contributed by atoms with van der Waals surface area (Å²) in [6, 6.07) is 10.2. The largest absolute Gasteiger partial charge is 0.480 e. The summed E-state index contributed by atoms with van der Waals surface area (Å²) in [5, 5.41) is 12.0. The second-order valence-corrected chi connectivity index (χ2v) is 6.15. The summed E-state index contributed by atoms with van der Waals surface area (Å²) in [7, 11) is 0. The van der Waals surface area contributed by atoms with Gasteiger partial charge in [0.2, 0.25) is 5.91 Å². The van der Waals surface area contributed by atoms with E-state index >= 15 is 0 Å². The van der Waals surface area contributed by atoms with Crippen molar-refractivity contribution in [2.75, 3.05) is 0 Å². The van der Waals surface area contributed by atoms with E-state index in [-0.39, 0.29) is 5.91 Å². The average molecular weight is 289 g/mol. The maximum absolute atomic E-state index is 12.1. The maximum Gasteiger partial charge on any atom is 0.329 e. The molecule has 0 bridgehead atoms. The van der Waals surface area contributed by atoms with Crippen molar-refractivity contribution in [3.8, 4) is 0 Å². The molecule has 4 nitrogen and oxygen atoms in total. The van der Waals surface area contributed by atoms with Gasteiger partial charge in [-0.1, -0.05) is 43.7 Å². The van der Waals surface area contributed by atoms with Gasteiger partial charge in [0.05, 0.1) is 0 Å². The van der Waals surface area contributed by atoms with Crippen LogP contribution in [0.3, 0.4) is 0 Å². The summed E-state index contributed by atoms with van der Waals surface area (Å²) in [6.45, 7) is 3.50. The molecule has 0 aromatic heterocycles.